The first-order valence-corrected chi connectivity index (χ1v) is 14.0. The Morgan fingerprint density at radius 1 is 0.676 bits per heavy atom. The van der Waals surface area contributed by atoms with Crippen LogP contribution in [0.15, 0.2) is 48.5 Å². The summed E-state index contributed by atoms with van der Waals surface area (Å²) in [6.07, 6.45) is 6.24. The summed E-state index contributed by atoms with van der Waals surface area (Å²) in [6.45, 7) is 19.4. The predicted molar refractivity (Wildman–Crippen MR) is 152 cm³/mol. The van der Waals surface area contributed by atoms with Crippen LogP contribution in [0.4, 0.5) is 11.4 Å². The van der Waals surface area contributed by atoms with Crippen LogP contribution in [0.25, 0.3) is 0 Å². The normalized spacial score (nSPS) is 24.6. The van der Waals surface area contributed by atoms with E-state index >= 15 is 0 Å². The zero-order valence-electron chi connectivity index (χ0n) is 22.9. The Bertz CT molecular complexity index is 912. The molecule has 0 aromatic heterocycles. The number of halogens is 1. The first-order chi connectivity index (χ1) is 15.8. The molecule has 2 nitrogen and oxygen atoms in total. The summed E-state index contributed by atoms with van der Waals surface area (Å²) in [5.41, 5.74) is 5.96. The highest BCUT2D eigenvalue weighted by molar-refractivity contribution is 7.22. The molecule has 4 rings (SSSR count). The first-order valence-electron chi connectivity index (χ1n) is 13.5. The van der Waals surface area contributed by atoms with E-state index in [1.165, 1.54) is 60.8 Å². The lowest BCUT2D eigenvalue weighted by Crippen LogP contribution is -3.23. The second-order valence-corrected chi connectivity index (χ2v) is 14.1. The van der Waals surface area contributed by atoms with E-state index in [1.54, 1.807) is 4.90 Å². The molecule has 1 atom stereocenters. The molecule has 2 heterocycles. The minimum atomic E-state index is -1.25. The zero-order valence-corrected chi connectivity index (χ0v) is 23.6. The van der Waals surface area contributed by atoms with Crippen LogP contribution in [0.2, 0.25) is 0 Å². The topological polar surface area (TPSA) is 7.68 Å². The van der Waals surface area contributed by atoms with Gasteiger partial charge in [0.2, 0.25) is 0 Å². The van der Waals surface area contributed by atoms with Crippen LogP contribution < -0.4 is 20.7 Å². The molecule has 186 valence electrons. The lowest BCUT2D eigenvalue weighted by Gasteiger charge is -2.56. The van der Waals surface area contributed by atoms with Gasteiger partial charge in [0.05, 0.1) is 16.8 Å². The molecular weight excluding hydrogens is 435 g/mol. The predicted octanol–water partition coefficient (Wildman–Crippen LogP) is 5.57. The van der Waals surface area contributed by atoms with Gasteiger partial charge >= 0.3 is 0 Å². The minimum Gasteiger partial charge on any atom is -0.382 e. The molecule has 0 spiro atoms. The molecule has 0 radical (unpaired) electrons. The largest absolute Gasteiger partial charge is 0.382 e. The number of piperidine rings is 2. The number of nitrogens with zero attached hydrogens (tertiary/aromatic N) is 1. The molecule has 2 fully saturated rings. The molecule has 2 aromatic carbocycles. The third-order valence-electron chi connectivity index (χ3n) is 8.93. The van der Waals surface area contributed by atoms with Gasteiger partial charge in [-0.1, -0.05) is 36.4 Å². The molecule has 0 saturated carbocycles. The van der Waals surface area contributed by atoms with Crippen LogP contribution >= 0.6 is 11.5 Å². The third kappa shape index (κ3) is 4.55. The van der Waals surface area contributed by atoms with E-state index in [9.17, 15) is 0 Å². The fraction of sp³-hybridized carbons (Fsp3) is 0.600. The Labute approximate surface area is 214 Å². The van der Waals surface area contributed by atoms with Gasteiger partial charge in [0, 0.05) is 29.6 Å². The van der Waals surface area contributed by atoms with Crippen LogP contribution in [0.3, 0.4) is 0 Å². The molecule has 2 saturated heterocycles. The van der Waals surface area contributed by atoms with Gasteiger partial charge in [0.25, 0.3) is 0 Å². The molecule has 2 aliphatic rings. The molecule has 4 heteroatoms. The van der Waals surface area contributed by atoms with Crippen LogP contribution in [-0.4, -0.2) is 28.3 Å². The molecular formula is C30H46BClN2. The number of anilines is 1. The highest BCUT2D eigenvalue weighted by Gasteiger charge is 2.47. The van der Waals surface area contributed by atoms with Gasteiger partial charge < -0.3 is 16.4 Å². The van der Waals surface area contributed by atoms with E-state index in [4.69, 9.17) is 11.5 Å². The average molecular weight is 481 g/mol. The quantitative estimate of drug-likeness (QED) is 0.562. The lowest BCUT2D eigenvalue weighted by molar-refractivity contribution is -0.941. The number of hydrogen-bond donors (Lipinski definition) is 1. The van der Waals surface area contributed by atoms with Crippen molar-refractivity contribution in [3.8, 4) is 0 Å². The summed E-state index contributed by atoms with van der Waals surface area (Å²) in [5, 5.41) is 0. The van der Waals surface area contributed by atoms with Crippen molar-refractivity contribution in [3.05, 3.63) is 48.5 Å². The van der Waals surface area contributed by atoms with Crippen molar-refractivity contribution in [2.45, 2.75) is 116 Å². The van der Waals surface area contributed by atoms with Crippen molar-refractivity contribution in [1.29, 1.82) is 0 Å². The van der Waals surface area contributed by atoms with Gasteiger partial charge in [-0.15, -0.1) is 5.46 Å². The Morgan fingerprint density at radius 3 is 1.74 bits per heavy atom. The number of para-hydroxylation sites is 2. The summed E-state index contributed by atoms with van der Waals surface area (Å²) in [4.78, 5) is 4.28. The van der Waals surface area contributed by atoms with Crippen molar-refractivity contribution >= 4 is 39.9 Å². The van der Waals surface area contributed by atoms with Gasteiger partial charge in [0.15, 0.2) is 0 Å². The van der Waals surface area contributed by atoms with Crippen LogP contribution in [0.5, 0.6) is 0 Å². The zero-order chi connectivity index (χ0) is 24.9. The molecule has 0 bridgehead atoms. The van der Waals surface area contributed by atoms with Crippen molar-refractivity contribution in [2.75, 3.05) is 4.90 Å². The van der Waals surface area contributed by atoms with Gasteiger partial charge in [-0.05, 0) is 93.2 Å². The summed E-state index contributed by atoms with van der Waals surface area (Å²) in [5.74, 6) is 0. The Kier molecular flexibility index (Phi) is 6.71. The smallest absolute Gasteiger partial charge is 0.133 e. The van der Waals surface area contributed by atoms with Gasteiger partial charge in [0.1, 0.15) is 6.13 Å². The molecule has 0 unspecified atom stereocenters. The fourth-order valence-corrected chi connectivity index (χ4v) is 8.21. The Balaban J connectivity index is 1.84. The van der Waals surface area contributed by atoms with Crippen LogP contribution in [0, 0.1) is 0 Å². The van der Waals surface area contributed by atoms with Crippen molar-refractivity contribution < 1.29 is 4.90 Å². The average Bonchev–Trinajstić information content (AvgIpc) is 2.71. The highest BCUT2D eigenvalue weighted by atomic mass is 35.5. The van der Waals surface area contributed by atoms with E-state index in [2.05, 4.69) is 109 Å². The number of benzene rings is 2. The highest BCUT2D eigenvalue weighted by Crippen LogP contribution is 2.41. The molecule has 2 aliphatic heterocycles. The van der Waals surface area contributed by atoms with Gasteiger partial charge in [-0.3, -0.25) is 4.90 Å². The van der Waals surface area contributed by atoms with Crippen molar-refractivity contribution in [1.82, 2.24) is 0 Å². The molecule has 0 aliphatic carbocycles. The van der Waals surface area contributed by atoms with E-state index in [-0.39, 0.29) is 22.2 Å². The number of nitrogens with one attached hydrogen (secondary N) is 1. The maximum Gasteiger partial charge on any atom is 0.133 e. The SMILES string of the molecule is CC1(C)CCCC(C)(C)N1c1ccccc1[B@H-](Cl)c1ccccc1[NH+]1C(C)(C)CCCC1(C)C. The maximum absolute atomic E-state index is 7.60. The summed E-state index contributed by atoms with van der Waals surface area (Å²) >= 11 is 7.60. The molecule has 1 N–H and O–H groups in total. The Hall–Kier alpha value is -1.45. The third-order valence-corrected chi connectivity index (χ3v) is 9.51. The van der Waals surface area contributed by atoms with E-state index < -0.39 is 6.13 Å². The maximum atomic E-state index is 7.60. The van der Waals surface area contributed by atoms with Gasteiger partial charge in [-0.25, -0.2) is 0 Å². The van der Waals surface area contributed by atoms with E-state index in [0.29, 0.717) is 0 Å². The Morgan fingerprint density at radius 2 is 1.15 bits per heavy atom. The summed E-state index contributed by atoms with van der Waals surface area (Å²) < 4.78 is 0. The monoisotopic (exact) mass is 480 g/mol. The summed E-state index contributed by atoms with van der Waals surface area (Å²) in [7, 11) is 0. The van der Waals surface area contributed by atoms with Crippen LogP contribution in [-0.2, 0) is 0 Å². The molecule has 34 heavy (non-hydrogen) atoms. The number of quaternary nitrogens is 1. The second kappa shape index (κ2) is 8.89. The van der Waals surface area contributed by atoms with Crippen molar-refractivity contribution in [3.63, 3.8) is 0 Å². The van der Waals surface area contributed by atoms with E-state index in [1.807, 2.05) is 0 Å². The number of rotatable bonds is 4. The standard InChI is InChI=1S/C30H45BClN2/c1-27(2)19-13-20-28(3,4)33(27)25-17-11-9-15-23(25)31(32)24-16-10-12-18-26(24)34-29(5,6)21-14-22-30(34,7)8/h9-12,15-18,31H,13-14,19-22H2,1-8H3/q-1/p+1. The minimum absolute atomic E-state index is 0.107. The van der Waals surface area contributed by atoms with E-state index in [0.717, 1.165) is 0 Å². The molecule has 0 amide bonds. The lowest BCUT2D eigenvalue weighted by atomic mass is 9.59. The fourth-order valence-electron chi connectivity index (χ4n) is 7.75. The van der Waals surface area contributed by atoms with Crippen LogP contribution in [0.1, 0.15) is 93.9 Å². The first kappa shape index (κ1) is 25.6. The van der Waals surface area contributed by atoms with Crippen molar-refractivity contribution in [2.24, 2.45) is 0 Å². The molecule has 2 aromatic rings. The van der Waals surface area contributed by atoms with Gasteiger partial charge in [-0.2, -0.15) is 5.46 Å². The number of hydrogen-bond acceptors (Lipinski definition) is 1. The summed E-state index contributed by atoms with van der Waals surface area (Å²) in [6, 6.07) is 18.0. The second-order valence-electron chi connectivity index (χ2n) is 13.5.